The second-order valence-electron chi connectivity index (χ2n) is 5.20. The zero-order valence-electron chi connectivity index (χ0n) is 13.3. The molecule has 0 aromatic carbocycles. The third-order valence-electron chi connectivity index (χ3n) is 3.43. The number of hydrogen-bond acceptors (Lipinski definition) is 6. The Morgan fingerprint density at radius 3 is 2.05 bits per heavy atom. The van der Waals surface area contributed by atoms with E-state index in [0.717, 1.165) is 58.1 Å². The van der Waals surface area contributed by atoms with Crippen molar-refractivity contribution in [2.45, 2.75) is 31.9 Å². The highest BCUT2D eigenvalue weighted by atomic mass is 28.4. The normalized spacial score (nSPS) is 14.7. The van der Waals surface area contributed by atoms with Crippen LogP contribution in [0.2, 0.25) is 12.6 Å². The van der Waals surface area contributed by atoms with Gasteiger partial charge in [-0.2, -0.15) is 0 Å². The van der Waals surface area contributed by atoms with Crippen molar-refractivity contribution in [1.82, 2.24) is 4.90 Å². The minimum Gasteiger partial charge on any atom is -0.398 e. The molecule has 0 saturated carbocycles. The lowest BCUT2D eigenvalue weighted by Crippen LogP contribution is -2.40. The number of hydrogen-bond donors (Lipinski definition) is 3. The molecule has 0 rings (SSSR count). The predicted molar refractivity (Wildman–Crippen MR) is 86.8 cm³/mol. The Balaban J connectivity index is 3.95. The molecular formula is C13H34N4O2Si. The lowest BCUT2D eigenvalue weighted by Gasteiger charge is -2.27. The number of nitrogens with two attached hydrogens (primary N) is 3. The average molecular weight is 307 g/mol. The van der Waals surface area contributed by atoms with Crippen LogP contribution in [-0.4, -0.2) is 66.4 Å². The van der Waals surface area contributed by atoms with Crippen molar-refractivity contribution in [3.8, 4) is 0 Å². The molecule has 0 fully saturated rings. The molecule has 0 heterocycles. The van der Waals surface area contributed by atoms with E-state index < -0.39 is 8.56 Å². The molecule has 6 nitrogen and oxygen atoms in total. The van der Waals surface area contributed by atoms with Crippen LogP contribution in [-0.2, 0) is 8.85 Å². The van der Waals surface area contributed by atoms with Crippen molar-refractivity contribution in [3.63, 3.8) is 0 Å². The maximum absolute atomic E-state index is 5.98. The Labute approximate surface area is 125 Å². The molecule has 7 heteroatoms. The fourth-order valence-electron chi connectivity index (χ4n) is 2.09. The van der Waals surface area contributed by atoms with Crippen molar-refractivity contribution in [3.05, 3.63) is 0 Å². The molecule has 0 spiro atoms. The van der Waals surface area contributed by atoms with Crippen LogP contribution in [0.25, 0.3) is 0 Å². The highest BCUT2D eigenvalue weighted by Gasteiger charge is 2.29. The lowest BCUT2D eigenvalue weighted by molar-refractivity contribution is 0.197. The van der Waals surface area contributed by atoms with E-state index in [1.54, 1.807) is 7.11 Å². The third kappa shape index (κ3) is 9.81. The van der Waals surface area contributed by atoms with Crippen molar-refractivity contribution in [1.29, 1.82) is 0 Å². The van der Waals surface area contributed by atoms with Crippen LogP contribution in [0.1, 0.15) is 19.3 Å². The zero-order chi connectivity index (χ0) is 15.3. The van der Waals surface area contributed by atoms with Gasteiger partial charge in [-0.3, -0.25) is 0 Å². The van der Waals surface area contributed by atoms with Gasteiger partial charge in [-0.1, -0.05) is 0 Å². The summed E-state index contributed by atoms with van der Waals surface area (Å²) in [5.41, 5.74) is 16.7. The van der Waals surface area contributed by atoms with E-state index >= 15 is 0 Å². The first kappa shape index (κ1) is 20.0. The van der Waals surface area contributed by atoms with Crippen LogP contribution in [0.5, 0.6) is 0 Å². The first-order chi connectivity index (χ1) is 9.61. The first-order valence-electron chi connectivity index (χ1n) is 7.63. The molecule has 0 radical (unpaired) electrons. The van der Waals surface area contributed by atoms with Gasteiger partial charge in [0.05, 0.1) is 0 Å². The minimum atomic E-state index is -2.02. The van der Waals surface area contributed by atoms with Crippen LogP contribution in [0, 0.1) is 0 Å². The van der Waals surface area contributed by atoms with Crippen LogP contribution < -0.4 is 17.2 Å². The summed E-state index contributed by atoms with van der Waals surface area (Å²) in [5.74, 6) is 0. The van der Waals surface area contributed by atoms with Crippen LogP contribution in [0.3, 0.4) is 0 Å². The van der Waals surface area contributed by atoms with Crippen molar-refractivity contribution < 1.29 is 8.85 Å². The van der Waals surface area contributed by atoms with Gasteiger partial charge in [0.2, 0.25) is 0 Å². The molecule has 0 aliphatic rings. The molecule has 6 N–H and O–H groups in total. The fraction of sp³-hybridized carbons (Fsp3) is 1.00. The topological polar surface area (TPSA) is 99.8 Å². The molecule has 1 unspecified atom stereocenters. The highest BCUT2D eigenvalue weighted by Crippen LogP contribution is 2.16. The van der Waals surface area contributed by atoms with Gasteiger partial charge in [-0.05, 0) is 44.9 Å². The second-order valence-corrected chi connectivity index (χ2v) is 8.67. The van der Waals surface area contributed by atoms with Gasteiger partial charge in [0.15, 0.2) is 0 Å². The van der Waals surface area contributed by atoms with Crippen LogP contribution in [0.15, 0.2) is 0 Å². The Hall–Kier alpha value is -0.0231. The molecular weight excluding hydrogens is 272 g/mol. The van der Waals surface area contributed by atoms with E-state index in [0.29, 0.717) is 13.1 Å². The van der Waals surface area contributed by atoms with Crippen LogP contribution >= 0.6 is 0 Å². The largest absolute Gasteiger partial charge is 0.398 e. The molecule has 0 bridgehead atoms. The summed E-state index contributed by atoms with van der Waals surface area (Å²) in [7, 11) is -0.259. The van der Waals surface area contributed by atoms with Gasteiger partial charge in [0, 0.05) is 39.9 Å². The molecule has 20 heavy (non-hydrogen) atoms. The standard InChI is InChI=1S/C13H34N4O2Si/c1-18-20(2,19-12-4-3-6-14)13-5-9-17(10-7-15)11-8-16/h3-16H2,1-2H3. The maximum atomic E-state index is 5.98. The van der Waals surface area contributed by atoms with E-state index in [-0.39, 0.29) is 0 Å². The maximum Gasteiger partial charge on any atom is 0.334 e. The predicted octanol–water partition coefficient (Wildman–Crippen LogP) is 0.0698. The number of nitrogens with zero attached hydrogens (tertiary/aromatic N) is 1. The number of unbranched alkanes of at least 4 members (excludes halogenated alkanes) is 1. The number of rotatable bonds is 14. The summed E-state index contributed by atoms with van der Waals surface area (Å²) in [6, 6.07) is 0.998. The third-order valence-corrected chi connectivity index (χ3v) is 6.37. The Kier molecular flexibility index (Phi) is 12.7. The van der Waals surface area contributed by atoms with Gasteiger partial charge in [0.1, 0.15) is 0 Å². The monoisotopic (exact) mass is 306 g/mol. The summed E-state index contributed by atoms with van der Waals surface area (Å²) in [6.45, 7) is 7.77. The van der Waals surface area contributed by atoms with Gasteiger partial charge in [-0.15, -0.1) is 0 Å². The SMILES string of the molecule is CO[Si](C)(CCCN(CCN)CCN)OCCCCN. The molecule has 0 aromatic heterocycles. The summed E-state index contributed by atoms with van der Waals surface area (Å²) >= 11 is 0. The van der Waals surface area contributed by atoms with E-state index in [1.165, 1.54) is 0 Å². The summed E-state index contributed by atoms with van der Waals surface area (Å²) < 4.78 is 11.6. The summed E-state index contributed by atoms with van der Waals surface area (Å²) in [4.78, 5) is 2.30. The Bertz CT molecular complexity index is 219. The smallest absolute Gasteiger partial charge is 0.334 e. The summed E-state index contributed by atoms with van der Waals surface area (Å²) in [5, 5.41) is 0. The van der Waals surface area contributed by atoms with E-state index in [2.05, 4.69) is 11.4 Å². The average Bonchev–Trinajstić information content (AvgIpc) is 2.44. The van der Waals surface area contributed by atoms with E-state index in [1.807, 2.05) is 0 Å². The van der Waals surface area contributed by atoms with Crippen molar-refractivity contribution in [2.24, 2.45) is 17.2 Å². The second kappa shape index (κ2) is 12.7. The van der Waals surface area contributed by atoms with Gasteiger partial charge in [-0.25, -0.2) is 0 Å². The zero-order valence-corrected chi connectivity index (χ0v) is 14.3. The van der Waals surface area contributed by atoms with Crippen LogP contribution in [0.4, 0.5) is 0 Å². The van der Waals surface area contributed by atoms with Gasteiger partial charge >= 0.3 is 8.56 Å². The molecule has 1 atom stereocenters. The van der Waals surface area contributed by atoms with Crippen molar-refractivity contribution in [2.75, 3.05) is 53.0 Å². The summed E-state index contributed by atoms with van der Waals surface area (Å²) in [6.07, 6.45) is 3.08. The van der Waals surface area contributed by atoms with E-state index in [9.17, 15) is 0 Å². The highest BCUT2D eigenvalue weighted by molar-refractivity contribution is 6.65. The van der Waals surface area contributed by atoms with Crippen molar-refractivity contribution >= 4 is 8.56 Å². The van der Waals surface area contributed by atoms with Gasteiger partial charge < -0.3 is 31.0 Å². The molecule has 122 valence electrons. The molecule has 0 aromatic rings. The molecule has 0 aliphatic heterocycles. The molecule has 0 saturated heterocycles. The first-order valence-corrected chi connectivity index (χ1v) is 10.2. The molecule has 0 amide bonds. The minimum absolute atomic E-state index is 0.675. The Morgan fingerprint density at radius 2 is 1.55 bits per heavy atom. The quantitative estimate of drug-likeness (QED) is 0.310. The lowest BCUT2D eigenvalue weighted by atomic mass is 10.3. The fourth-order valence-corrected chi connectivity index (χ4v) is 3.93. The molecule has 0 aliphatic carbocycles. The van der Waals surface area contributed by atoms with Gasteiger partial charge in [0.25, 0.3) is 0 Å². The van der Waals surface area contributed by atoms with E-state index in [4.69, 9.17) is 26.1 Å². The Morgan fingerprint density at radius 1 is 0.900 bits per heavy atom.